The number of anilines is 1. The lowest BCUT2D eigenvalue weighted by atomic mass is 9.59. The summed E-state index contributed by atoms with van der Waals surface area (Å²) in [6, 6.07) is 15.1. The smallest absolute Gasteiger partial charge is 0.251 e. The molecule has 176 valence electrons. The number of likely N-dealkylation sites (tertiary alicyclic amines) is 1. The van der Waals surface area contributed by atoms with Crippen LogP contribution in [0.25, 0.3) is 0 Å². The number of carbonyl (C=O) groups is 1. The summed E-state index contributed by atoms with van der Waals surface area (Å²) >= 11 is 0. The summed E-state index contributed by atoms with van der Waals surface area (Å²) in [5, 5.41) is 0. The van der Waals surface area contributed by atoms with Crippen LogP contribution in [-0.2, 0) is 0 Å². The average molecular weight is 450 g/mol. The van der Waals surface area contributed by atoms with Crippen molar-refractivity contribution in [2.45, 2.75) is 70.4 Å². The molecular weight excluding hydrogens is 413 g/mol. The SMILES string of the molecule is CC(C)c1ccccc1C1CCCN1C1CC2(CCN(c3ccc(C(N)=O)c(F)c3)CC2)C1. The zero-order valence-electron chi connectivity index (χ0n) is 19.9. The lowest BCUT2D eigenvalue weighted by molar-refractivity contribution is -0.0227. The maximum Gasteiger partial charge on any atom is 0.251 e. The fourth-order valence-electron chi connectivity index (χ4n) is 6.62. The summed E-state index contributed by atoms with van der Waals surface area (Å²) in [7, 11) is 0. The normalized spacial score (nSPS) is 23.3. The lowest BCUT2D eigenvalue weighted by Crippen LogP contribution is -2.55. The van der Waals surface area contributed by atoms with Crippen molar-refractivity contribution in [2.75, 3.05) is 24.5 Å². The third-order valence-electron chi connectivity index (χ3n) is 8.48. The van der Waals surface area contributed by atoms with Crippen LogP contribution in [-0.4, -0.2) is 36.5 Å². The second-order valence-corrected chi connectivity index (χ2v) is 10.8. The molecule has 2 N–H and O–H groups in total. The van der Waals surface area contributed by atoms with Crippen molar-refractivity contribution < 1.29 is 9.18 Å². The molecule has 2 aliphatic heterocycles. The van der Waals surface area contributed by atoms with Gasteiger partial charge in [0.1, 0.15) is 5.82 Å². The third kappa shape index (κ3) is 4.16. The molecule has 1 amide bonds. The maximum atomic E-state index is 14.2. The van der Waals surface area contributed by atoms with Gasteiger partial charge in [-0.25, -0.2) is 4.39 Å². The number of piperidine rings is 1. The van der Waals surface area contributed by atoms with Gasteiger partial charge < -0.3 is 10.6 Å². The van der Waals surface area contributed by atoms with Crippen LogP contribution in [0.2, 0.25) is 0 Å². The van der Waals surface area contributed by atoms with E-state index in [2.05, 4.69) is 47.9 Å². The van der Waals surface area contributed by atoms with Gasteiger partial charge in [-0.2, -0.15) is 0 Å². The summed E-state index contributed by atoms with van der Waals surface area (Å²) in [5.74, 6) is -0.679. The number of rotatable bonds is 5. The fourth-order valence-corrected chi connectivity index (χ4v) is 6.62. The first-order chi connectivity index (χ1) is 15.9. The topological polar surface area (TPSA) is 49.6 Å². The van der Waals surface area contributed by atoms with E-state index in [-0.39, 0.29) is 5.56 Å². The second-order valence-electron chi connectivity index (χ2n) is 10.8. The zero-order chi connectivity index (χ0) is 23.2. The number of hydrogen-bond donors (Lipinski definition) is 1. The molecule has 0 radical (unpaired) electrons. The fraction of sp³-hybridized carbons (Fsp3) is 0.536. The van der Waals surface area contributed by atoms with E-state index in [9.17, 15) is 9.18 Å². The molecule has 3 aliphatic rings. The quantitative estimate of drug-likeness (QED) is 0.643. The molecule has 1 atom stereocenters. The van der Waals surface area contributed by atoms with E-state index in [1.807, 2.05) is 6.07 Å². The number of primary amides is 1. The largest absolute Gasteiger partial charge is 0.371 e. The van der Waals surface area contributed by atoms with E-state index in [0.29, 0.717) is 23.4 Å². The molecule has 1 spiro atoms. The summed E-state index contributed by atoms with van der Waals surface area (Å²) in [5.41, 5.74) is 9.55. The van der Waals surface area contributed by atoms with Gasteiger partial charge in [0.2, 0.25) is 0 Å². The molecule has 2 aromatic carbocycles. The van der Waals surface area contributed by atoms with E-state index >= 15 is 0 Å². The molecule has 1 unspecified atom stereocenters. The lowest BCUT2D eigenvalue weighted by Gasteiger charge is -2.56. The highest BCUT2D eigenvalue weighted by Gasteiger charge is 2.49. The van der Waals surface area contributed by atoms with E-state index in [1.165, 1.54) is 49.9 Å². The molecule has 5 heteroatoms. The van der Waals surface area contributed by atoms with Crippen molar-refractivity contribution in [1.29, 1.82) is 0 Å². The Morgan fingerprint density at radius 1 is 1.09 bits per heavy atom. The Morgan fingerprint density at radius 3 is 2.48 bits per heavy atom. The number of nitrogens with two attached hydrogens (primary N) is 1. The molecule has 2 heterocycles. The molecule has 2 aromatic rings. The second kappa shape index (κ2) is 8.75. The van der Waals surface area contributed by atoms with E-state index < -0.39 is 11.7 Å². The van der Waals surface area contributed by atoms with Crippen molar-refractivity contribution in [3.05, 3.63) is 65.0 Å². The van der Waals surface area contributed by atoms with Gasteiger partial charge in [-0.15, -0.1) is 0 Å². The highest BCUT2D eigenvalue weighted by atomic mass is 19.1. The predicted molar refractivity (Wildman–Crippen MR) is 131 cm³/mol. The number of carbonyl (C=O) groups excluding carboxylic acids is 1. The van der Waals surface area contributed by atoms with E-state index in [0.717, 1.165) is 31.6 Å². The van der Waals surface area contributed by atoms with Crippen molar-refractivity contribution in [2.24, 2.45) is 11.1 Å². The number of benzene rings is 2. The molecule has 0 aromatic heterocycles. The first-order valence-electron chi connectivity index (χ1n) is 12.6. The van der Waals surface area contributed by atoms with Crippen molar-refractivity contribution in [3.63, 3.8) is 0 Å². The Balaban J connectivity index is 1.21. The minimum atomic E-state index is -0.714. The Kier molecular flexibility index (Phi) is 5.94. The van der Waals surface area contributed by atoms with Gasteiger partial charge in [-0.3, -0.25) is 9.69 Å². The average Bonchev–Trinajstić information content (AvgIpc) is 3.26. The highest BCUT2D eigenvalue weighted by molar-refractivity contribution is 5.93. The summed E-state index contributed by atoms with van der Waals surface area (Å²) < 4.78 is 14.2. The van der Waals surface area contributed by atoms with E-state index in [1.54, 1.807) is 5.56 Å². The third-order valence-corrected chi connectivity index (χ3v) is 8.48. The molecular formula is C28H36FN3O. The molecule has 3 fully saturated rings. The van der Waals surface area contributed by atoms with Crippen LogP contribution < -0.4 is 10.6 Å². The van der Waals surface area contributed by atoms with Gasteiger partial charge in [-0.05, 0) is 85.7 Å². The molecule has 5 rings (SSSR count). The Labute approximate surface area is 196 Å². The number of nitrogens with zero attached hydrogens (tertiary/aromatic N) is 2. The maximum absolute atomic E-state index is 14.2. The van der Waals surface area contributed by atoms with Crippen LogP contribution in [0.4, 0.5) is 10.1 Å². The first-order valence-corrected chi connectivity index (χ1v) is 12.6. The highest BCUT2D eigenvalue weighted by Crippen LogP contribution is 2.54. The van der Waals surface area contributed by atoms with Gasteiger partial charge >= 0.3 is 0 Å². The van der Waals surface area contributed by atoms with Crippen LogP contribution in [0.15, 0.2) is 42.5 Å². The molecule has 1 saturated carbocycles. The van der Waals surface area contributed by atoms with Crippen LogP contribution in [0.5, 0.6) is 0 Å². The Hall–Kier alpha value is -2.40. The first kappa shape index (κ1) is 22.4. The monoisotopic (exact) mass is 449 g/mol. The summed E-state index contributed by atoms with van der Waals surface area (Å²) in [4.78, 5) is 16.4. The Morgan fingerprint density at radius 2 is 1.82 bits per heavy atom. The summed E-state index contributed by atoms with van der Waals surface area (Å²) in [6.07, 6.45) is 7.45. The van der Waals surface area contributed by atoms with Gasteiger partial charge in [0.25, 0.3) is 5.91 Å². The number of hydrogen-bond acceptors (Lipinski definition) is 3. The van der Waals surface area contributed by atoms with Gasteiger partial charge in [0.05, 0.1) is 5.56 Å². The van der Waals surface area contributed by atoms with Gasteiger partial charge in [0, 0.05) is 30.9 Å². The minimum absolute atomic E-state index is 0.0340. The summed E-state index contributed by atoms with van der Waals surface area (Å²) in [6.45, 7) is 7.72. The number of halogens is 1. The van der Waals surface area contributed by atoms with Crippen LogP contribution >= 0.6 is 0 Å². The van der Waals surface area contributed by atoms with Crippen LogP contribution in [0.1, 0.15) is 85.8 Å². The minimum Gasteiger partial charge on any atom is -0.371 e. The molecule has 4 nitrogen and oxygen atoms in total. The standard InChI is InChI=1S/C28H36FN3O/c1-19(2)22-6-3-4-7-23(22)26-8-5-13-32(26)21-17-28(18-21)11-14-31(15-12-28)20-9-10-24(27(30)33)25(29)16-20/h3-4,6-7,9-10,16,19,21,26H,5,8,11-15,17-18H2,1-2H3,(H2,30,33). The van der Waals surface area contributed by atoms with Crippen LogP contribution in [0, 0.1) is 11.2 Å². The van der Waals surface area contributed by atoms with Crippen molar-refractivity contribution in [1.82, 2.24) is 4.90 Å². The van der Waals surface area contributed by atoms with Crippen molar-refractivity contribution >= 4 is 11.6 Å². The molecule has 2 saturated heterocycles. The van der Waals surface area contributed by atoms with E-state index in [4.69, 9.17) is 5.73 Å². The predicted octanol–water partition coefficient (Wildman–Crippen LogP) is 5.63. The zero-order valence-corrected chi connectivity index (χ0v) is 19.9. The van der Waals surface area contributed by atoms with Gasteiger partial charge in [0.15, 0.2) is 0 Å². The van der Waals surface area contributed by atoms with Gasteiger partial charge in [-0.1, -0.05) is 38.1 Å². The molecule has 33 heavy (non-hydrogen) atoms. The Bertz CT molecular complexity index is 1020. The number of amides is 1. The van der Waals surface area contributed by atoms with Crippen molar-refractivity contribution in [3.8, 4) is 0 Å². The molecule has 1 aliphatic carbocycles. The molecule has 0 bridgehead atoms. The van der Waals surface area contributed by atoms with Crippen LogP contribution in [0.3, 0.4) is 0 Å².